The molecule has 0 saturated carbocycles. The predicted octanol–water partition coefficient (Wildman–Crippen LogP) is 2.44. The van der Waals surface area contributed by atoms with Crippen molar-refractivity contribution < 1.29 is 9.21 Å². The van der Waals surface area contributed by atoms with Crippen LogP contribution in [0.5, 0.6) is 0 Å². The summed E-state index contributed by atoms with van der Waals surface area (Å²) in [6.45, 7) is 6.77. The normalized spacial score (nSPS) is 17.0. The number of carbonyl (C=O) groups excluding carboxylic acids is 1. The zero-order valence-corrected chi connectivity index (χ0v) is 18.7. The molecule has 1 aromatic carbocycles. The molecule has 3 rings (SSSR count). The first-order valence-electron chi connectivity index (χ1n) is 11.3. The lowest BCUT2D eigenvalue weighted by Gasteiger charge is -2.21. The number of hydrogen-bond acceptors (Lipinski definition) is 4. The van der Waals surface area contributed by atoms with Gasteiger partial charge in [-0.1, -0.05) is 19.1 Å². The Kier molecular flexibility index (Phi) is 8.97. The third kappa shape index (κ3) is 7.14. The summed E-state index contributed by atoms with van der Waals surface area (Å²) in [7, 11) is 1.65. The fourth-order valence-corrected chi connectivity index (χ4v) is 3.99. The van der Waals surface area contributed by atoms with E-state index in [0.29, 0.717) is 11.6 Å². The van der Waals surface area contributed by atoms with Crippen LogP contribution >= 0.6 is 0 Å². The molecule has 0 radical (unpaired) electrons. The topological polar surface area (TPSA) is 81.9 Å². The van der Waals surface area contributed by atoms with Gasteiger partial charge in [0.25, 0.3) is 5.91 Å². The maximum absolute atomic E-state index is 11.9. The molecule has 168 valence electrons. The van der Waals surface area contributed by atoms with Crippen molar-refractivity contribution in [3.63, 3.8) is 0 Å². The Bertz CT molecular complexity index is 834. The minimum Gasteiger partial charge on any atom is -0.469 e. The molecule has 1 saturated heterocycles. The first-order valence-corrected chi connectivity index (χ1v) is 11.3. The fraction of sp³-hybridized carbons (Fsp3) is 0.500. The molecule has 31 heavy (non-hydrogen) atoms. The zero-order valence-electron chi connectivity index (χ0n) is 18.7. The minimum atomic E-state index is -0.0614. The summed E-state index contributed by atoms with van der Waals surface area (Å²) in [4.78, 5) is 19.2. The van der Waals surface area contributed by atoms with Gasteiger partial charge in [-0.25, -0.2) is 0 Å². The minimum absolute atomic E-state index is 0.0614. The second-order valence-corrected chi connectivity index (χ2v) is 7.83. The van der Waals surface area contributed by atoms with Gasteiger partial charge in [0.15, 0.2) is 5.96 Å². The van der Waals surface area contributed by atoms with Crippen LogP contribution in [-0.2, 0) is 12.8 Å². The molecule has 1 aliphatic rings. The molecule has 7 nitrogen and oxygen atoms in total. The van der Waals surface area contributed by atoms with Gasteiger partial charge in [-0.05, 0) is 62.2 Å². The van der Waals surface area contributed by atoms with Crippen LogP contribution in [0.15, 0.2) is 52.1 Å². The summed E-state index contributed by atoms with van der Waals surface area (Å²) < 4.78 is 5.42. The highest BCUT2D eigenvalue weighted by Crippen LogP contribution is 2.16. The number of nitrogens with one attached hydrogen (secondary N) is 3. The number of benzene rings is 1. The van der Waals surface area contributed by atoms with Crippen LogP contribution < -0.4 is 16.0 Å². The molecule has 1 amide bonds. The number of furan rings is 1. The Morgan fingerprint density at radius 1 is 1.19 bits per heavy atom. The van der Waals surface area contributed by atoms with Crippen LogP contribution in [-0.4, -0.2) is 62.6 Å². The Balaban J connectivity index is 1.55. The molecular formula is C24H35N5O2. The summed E-state index contributed by atoms with van der Waals surface area (Å²) >= 11 is 0. The van der Waals surface area contributed by atoms with Crippen molar-refractivity contribution in [1.82, 2.24) is 20.9 Å². The Morgan fingerprint density at radius 2 is 2.03 bits per heavy atom. The third-order valence-corrected chi connectivity index (χ3v) is 5.73. The van der Waals surface area contributed by atoms with E-state index in [1.165, 1.54) is 19.4 Å². The monoisotopic (exact) mass is 425 g/mol. The van der Waals surface area contributed by atoms with Crippen LogP contribution in [0.1, 0.15) is 41.4 Å². The van der Waals surface area contributed by atoms with Crippen molar-refractivity contribution in [2.75, 3.05) is 39.8 Å². The molecule has 2 heterocycles. The largest absolute Gasteiger partial charge is 0.469 e. The summed E-state index contributed by atoms with van der Waals surface area (Å²) in [5.74, 6) is 1.73. The number of carbonyl (C=O) groups is 1. The molecule has 1 aliphatic heterocycles. The van der Waals surface area contributed by atoms with Gasteiger partial charge in [0, 0.05) is 38.2 Å². The van der Waals surface area contributed by atoms with Crippen molar-refractivity contribution in [3.05, 3.63) is 59.5 Å². The number of amides is 1. The van der Waals surface area contributed by atoms with Crippen molar-refractivity contribution in [1.29, 1.82) is 0 Å². The SMILES string of the molecule is CCN1CCCC1CN=C(NCCc1cccc(C(=O)NC)c1)NCCc1ccco1. The predicted molar refractivity (Wildman–Crippen MR) is 125 cm³/mol. The summed E-state index contributed by atoms with van der Waals surface area (Å²) in [6, 6.07) is 12.2. The number of rotatable bonds is 10. The number of nitrogens with zero attached hydrogens (tertiary/aromatic N) is 2. The standard InChI is InChI=1S/C24H35N5O2/c1-3-29-15-5-9-21(29)18-28-24(27-14-12-22-10-6-16-31-22)26-13-11-19-7-4-8-20(17-19)23(30)25-2/h4,6-8,10,16-17,21H,3,5,9,11-15,18H2,1-2H3,(H,25,30)(H2,26,27,28). The van der Waals surface area contributed by atoms with Crippen molar-refractivity contribution in [3.8, 4) is 0 Å². The van der Waals surface area contributed by atoms with Gasteiger partial charge in [-0.15, -0.1) is 0 Å². The lowest BCUT2D eigenvalue weighted by molar-refractivity contribution is 0.0963. The molecule has 2 aromatic rings. The van der Waals surface area contributed by atoms with Crippen LogP contribution in [0, 0.1) is 0 Å². The van der Waals surface area contributed by atoms with Gasteiger partial charge in [0.05, 0.1) is 12.8 Å². The van der Waals surface area contributed by atoms with E-state index in [2.05, 4.69) is 27.8 Å². The van der Waals surface area contributed by atoms with E-state index in [-0.39, 0.29) is 5.91 Å². The number of likely N-dealkylation sites (tertiary alicyclic amines) is 1. The zero-order chi connectivity index (χ0) is 21.9. The van der Waals surface area contributed by atoms with E-state index in [0.717, 1.165) is 56.3 Å². The Labute approximate surface area is 185 Å². The van der Waals surface area contributed by atoms with Gasteiger partial charge in [0.1, 0.15) is 5.76 Å². The van der Waals surface area contributed by atoms with Gasteiger partial charge in [0.2, 0.25) is 0 Å². The van der Waals surface area contributed by atoms with Crippen molar-refractivity contribution in [2.45, 2.75) is 38.6 Å². The van der Waals surface area contributed by atoms with Crippen LogP contribution in [0.25, 0.3) is 0 Å². The lowest BCUT2D eigenvalue weighted by Crippen LogP contribution is -2.41. The Morgan fingerprint density at radius 3 is 2.77 bits per heavy atom. The molecule has 7 heteroatoms. The average Bonchev–Trinajstić information content (AvgIpc) is 3.48. The van der Waals surface area contributed by atoms with Gasteiger partial charge >= 0.3 is 0 Å². The molecule has 1 atom stereocenters. The van der Waals surface area contributed by atoms with Crippen LogP contribution in [0.4, 0.5) is 0 Å². The van der Waals surface area contributed by atoms with E-state index >= 15 is 0 Å². The molecule has 0 aliphatic carbocycles. The van der Waals surface area contributed by atoms with E-state index in [1.54, 1.807) is 13.3 Å². The first-order chi connectivity index (χ1) is 15.2. The van der Waals surface area contributed by atoms with Crippen molar-refractivity contribution in [2.24, 2.45) is 4.99 Å². The van der Waals surface area contributed by atoms with E-state index in [1.807, 2.05) is 36.4 Å². The summed E-state index contributed by atoms with van der Waals surface area (Å²) in [5.41, 5.74) is 1.81. The molecule has 3 N–H and O–H groups in total. The molecular weight excluding hydrogens is 390 g/mol. The third-order valence-electron chi connectivity index (χ3n) is 5.73. The quantitative estimate of drug-likeness (QED) is 0.402. The Hall–Kier alpha value is -2.80. The number of likely N-dealkylation sites (N-methyl/N-ethyl adjacent to an activating group) is 1. The van der Waals surface area contributed by atoms with E-state index in [4.69, 9.17) is 9.41 Å². The number of aliphatic imine (C=N–C) groups is 1. The highest BCUT2D eigenvalue weighted by Gasteiger charge is 2.22. The summed E-state index contributed by atoms with van der Waals surface area (Å²) in [6.07, 6.45) is 5.79. The molecule has 1 fully saturated rings. The van der Waals surface area contributed by atoms with Crippen molar-refractivity contribution >= 4 is 11.9 Å². The van der Waals surface area contributed by atoms with Gasteiger partial charge in [-0.2, -0.15) is 0 Å². The smallest absolute Gasteiger partial charge is 0.251 e. The maximum Gasteiger partial charge on any atom is 0.251 e. The fourth-order valence-electron chi connectivity index (χ4n) is 3.99. The molecule has 1 aromatic heterocycles. The average molecular weight is 426 g/mol. The van der Waals surface area contributed by atoms with Crippen LogP contribution in [0.3, 0.4) is 0 Å². The molecule has 1 unspecified atom stereocenters. The first kappa shape index (κ1) is 22.9. The lowest BCUT2D eigenvalue weighted by atomic mass is 10.1. The van der Waals surface area contributed by atoms with Crippen LogP contribution in [0.2, 0.25) is 0 Å². The molecule has 0 bridgehead atoms. The van der Waals surface area contributed by atoms with Gasteiger partial charge in [-0.3, -0.25) is 14.7 Å². The number of guanidine groups is 1. The second kappa shape index (κ2) is 12.2. The van der Waals surface area contributed by atoms with E-state index in [9.17, 15) is 4.79 Å². The molecule has 0 spiro atoms. The highest BCUT2D eigenvalue weighted by atomic mass is 16.3. The van der Waals surface area contributed by atoms with Gasteiger partial charge < -0.3 is 20.4 Å². The van der Waals surface area contributed by atoms with E-state index < -0.39 is 0 Å². The highest BCUT2D eigenvalue weighted by molar-refractivity contribution is 5.94. The second-order valence-electron chi connectivity index (χ2n) is 7.83. The number of hydrogen-bond donors (Lipinski definition) is 3. The maximum atomic E-state index is 11.9. The summed E-state index contributed by atoms with van der Waals surface area (Å²) in [5, 5.41) is 9.57.